The summed E-state index contributed by atoms with van der Waals surface area (Å²) in [7, 11) is 1.61. The Hall–Kier alpha value is -3.26. The van der Waals surface area contributed by atoms with Crippen molar-refractivity contribution >= 4 is 40.6 Å². The fourth-order valence-electron chi connectivity index (χ4n) is 2.57. The molecule has 3 rings (SSSR count). The van der Waals surface area contributed by atoms with E-state index in [9.17, 15) is 14.7 Å². The number of hydrogen-bond donors (Lipinski definition) is 2. The summed E-state index contributed by atoms with van der Waals surface area (Å²) >= 11 is 1.17. The first-order chi connectivity index (χ1) is 13.8. The number of nitrogens with zero attached hydrogens (tertiary/aromatic N) is 2. The maximum absolute atomic E-state index is 12.6. The molecule has 2 aromatic carbocycles. The Balaban J connectivity index is 1.91. The van der Waals surface area contributed by atoms with Crippen LogP contribution in [0.3, 0.4) is 0 Å². The lowest BCUT2D eigenvalue weighted by molar-refractivity contribution is -0.144. The molecule has 29 heavy (non-hydrogen) atoms. The lowest BCUT2D eigenvalue weighted by Gasteiger charge is -2.12. The fourth-order valence-corrected chi connectivity index (χ4v) is 3.54. The van der Waals surface area contributed by atoms with Crippen molar-refractivity contribution in [2.24, 2.45) is 4.99 Å². The summed E-state index contributed by atoms with van der Waals surface area (Å²) in [6, 6.07) is 12.0. The van der Waals surface area contributed by atoms with Gasteiger partial charge in [0.05, 0.1) is 4.91 Å². The van der Waals surface area contributed by atoms with E-state index in [2.05, 4.69) is 4.99 Å². The number of carbonyl (C=O) groups is 2. The topological polar surface area (TPSA) is 99.4 Å². The molecule has 1 atom stereocenters. The average molecular weight is 412 g/mol. The molecular weight excluding hydrogens is 392 g/mol. The number of ether oxygens (including phenoxy) is 1. The van der Waals surface area contributed by atoms with Gasteiger partial charge in [0.15, 0.2) is 11.3 Å². The molecule has 0 saturated carbocycles. The Morgan fingerprint density at radius 3 is 2.69 bits per heavy atom. The van der Waals surface area contributed by atoms with Crippen LogP contribution in [0.15, 0.2) is 52.4 Å². The summed E-state index contributed by atoms with van der Waals surface area (Å²) in [4.78, 5) is 29.9. The van der Waals surface area contributed by atoms with E-state index < -0.39 is 12.1 Å². The molecule has 1 aliphatic rings. The zero-order chi connectivity index (χ0) is 21.1. The monoisotopic (exact) mass is 412 g/mol. The van der Waals surface area contributed by atoms with Crippen LogP contribution in [0.2, 0.25) is 0 Å². The Morgan fingerprint density at radius 1 is 1.28 bits per heavy atom. The number of carboxylic acid groups (broad SMARTS) is 1. The molecule has 7 nitrogen and oxygen atoms in total. The predicted octanol–water partition coefficient (Wildman–Crippen LogP) is 3.79. The normalized spacial score (nSPS) is 17.8. The van der Waals surface area contributed by atoms with Gasteiger partial charge in [0.25, 0.3) is 5.91 Å². The van der Waals surface area contributed by atoms with Crippen molar-refractivity contribution in [1.29, 1.82) is 0 Å². The molecule has 1 amide bonds. The van der Waals surface area contributed by atoms with Crippen LogP contribution >= 0.6 is 11.8 Å². The summed E-state index contributed by atoms with van der Waals surface area (Å²) in [5, 5.41) is 19.6. The number of phenolic OH excluding ortho intramolecular Hbond substituents is 1. The Kier molecular flexibility index (Phi) is 5.93. The first-order valence-electron chi connectivity index (χ1n) is 8.80. The van der Waals surface area contributed by atoms with Gasteiger partial charge >= 0.3 is 5.97 Å². The number of para-hydroxylation sites is 1. The minimum atomic E-state index is -1.08. The first kappa shape index (κ1) is 20.5. The maximum atomic E-state index is 12.6. The van der Waals surface area contributed by atoms with E-state index in [1.807, 2.05) is 13.0 Å². The molecule has 0 spiro atoms. The second-order valence-electron chi connectivity index (χ2n) is 6.50. The van der Waals surface area contributed by atoms with Gasteiger partial charge in [-0.3, -0.25) is 9.69 Å². The SMILES string of the molecule is Cc1ccc(N=C2S/C(=C\c3ccccc3OC(C)C(=O)O)C(=O)N2C)c(O)c1. The van der Waals surface area contributed by atoms with E-state index in [1.54, 1.807) is 49.5 Å². The number of carboxylic acids is 1. The zero-order valence-corrected chi connectivity index (χ0v) is 16.9. The summed E-state index contributed by atoms with van der Waals surface area (Å²) < 4.78 is 5.49. The first-order valence-corrected chi connectivity index (χ1v) is 9.62. The number of thioether (sulfide) groups is 1. The van der Waals surface area contributed by atoms with Gasteiger partial charge in [-0.25, -0.2) is 9.79 Å². The Bertz CT molecular complexity index is 1030. The molecule has 1 aliphatic heterocycles. The summed E-state index contributed by atoms with van der Waals surface area (Å²) in [5.74, 6) is -0.919. The van der Waals surface area contributed by atoms with Crippen molar-refractivity contribution in [1.82, 2.24) is 4.90 Å². The summed E-state index contributed by atoms with van der Waals surface area (Å²) in [6.07, 6.45) is 0.621. The number of aryl methyl sites for hydroxylation is 1. The van der Waals surface area contributed by atoms with E-state index in [4.69, 9.17) is 9.84 Å². The number of phenols is 1. The molecule has 1 unspecified atom stereocenters. The minimum Gasteiger partial charge on any atom is -0.506 e. The number of aromatic hydroxyl groups is 1. The second kappa shape index (κ2) is 8.40. The molecule has 0 bridgehead atoms. The van der Waals surface area contributed by atoms with Crippen molar-refractivity contribution in [3.63, 3.8) is 0 Å². The van der Waals surface area contributed by atoms with E-state index >= 15 is 0 Å². The van der Waals surface area contributed by atoms with Crippen LogP contribution < -0.4 is 4.74 Å². The van der Waals surface area contributed by atoms with Gasteiger partial charge in [-0.15, -0.1) is 0 Å². The van der Waals surface area contributed by atoms with Crippen LogP contribution in [0.5, 0.6) is 11.5 Å². The number of amides is 1. The van der Waals surface area contributed by atoms with Gasteiger partial charge in [0, 0.05) is 12.6 Å². The third-order valence-corrected chi connectivity index (χ3v) is 5.27. The summed E-state index contributed by atoms with van der Waals surface area (Å²) in [5.41, 5.74) is 1.87. The van der Waals surface area contributed by atoms with Crippen molar-refractivity contribution in [3.05, 3.63) is 58.5 Å². The number of hydrogen-bond acceptors (Lipinski definition) is 6. The highest BCUT2D eigenvalue weighted by atomic mass is 32.2. The number of benzene rings is 2. The van der Waals surface area contributed by atoms with E-state index in [1.165, 1.54) is 23.6 Å². The van der Waals surface area contributed by atoms with E-state index in [0.717, 1.165) is 5.56 Å². The van der Waals surface area contributed by atoms with Crippen LogP contribution in [0, 0.1) is 6.92 Å². The molecule has 8 heteroatoms. The Morgan fingerprint density at radius 2 is 2.00 bits per heavy atom. The number of aliphatic imine (C=N–C) groups is 1. The van der Waals surface area contributed by atoms with Crippen molar-refractivity contribution in [3.8, 4) is 11.5 Å². The van der Waals surface area contributed by atoms with Gasteiger partial charge in [-0.1, -0.05) is 24.3 Å². The predicted molar refractivity (Wildman–Crippen MR) is 112 cm³/mol. The Labute approximate surface area is 172 Å². The number of rotatable bonds is 5. The third kappa shape index (κ3) is 4.60. The fraction of sp³-hybridized carbons (Fsp3) is 0.190. The zero-order valence-electron chi connectivity index (χ0n) is 16.1. The highest BCUT2D eigenvalue weighted by molar-refractivity contribution is 8.18. The van der Waals surface area contributed by atoms with E-state index in [-0.39, 0.29) is 11.7 Å². The second-order valence-corrected chi connectivity index (χ2v) is 7.51. The summed E-state index contributed by atoms with van der Waals surface area (Å²) in [6.45, 7) is 3.30. The number of carbonyl (C=O) groups excluding carboxylic acids is 1. The molecule has 0 aromatic heterocycles. The average Bonchev–Trinajstić information content (AvgIpc) is 2.93. The van der Waals surface area contributed by atoms with Crippen LogP contribution in [-0.4, -0.2) is 45.3 Å². The molecule has 2 N–H and O–H groups in total. The van der Waals surface area contributed by atoms with Gasteiger partial charge in [0.1, 0.15) is 17.2 Å². The number of aliphatic carboxylic acids is 1. The van der Waals surface area contributed by atoms with Crippen LogP contribution in [0.4, 0.5) is 5.69 Å². The van der Waals surface area contributed by atoms with Gasteiger partial charge in [-0.2, -0.15) is 0 Å². The largest absolute Gasteiger partial charge is 0.506 e. The van der Waals surface area contributed by atoms with Crippen molar-refractivity contribution in [2.75, 3.05) is 7.05 Å². The number of likely N-dealkylation sites (N-methyl/N-ethyl adjacent to an activating group) is 1. The van der Waals surface area contributed by atoms with Gasteiger partial charge in [0.2, 0.25) is 0 Å². The standard InChI is InChI=1S/C21H20N2O5S/c1-12-8-9-15(16(24)10-12)22-21-23(3)19(25)18(29-21)11-14-6-4-5-7-17(14)28-13(2)20(26)27/h4-11,13,24H,1-3H3,(H,26,27)/b18-11-,22-21?. The van der Waals surface area contributed by atoms with Gasteiger partial charge < -0.3 is 14.9 Å². The van der Waals surface area contributed by atoms with Crippen LogP contribution in [0.25, 0.3) is 6.08 Å². The lowest BCUT2D eigenvalue weighted by atomic mass is 10.2. The lowest BCUT2D eigenvalue weighted by Crippen LogP contribution is -2.24. The van der Waals surface area contributed by atoms with Gasteiger partial charge in [-0.05, 0) is 55.4 Å². The molecule has 0 radical (unpaired) electrons. The highest BCUT2D eigenvalue weighted by Crippen LogP contribution is 2.36. The van der Waals surface area contributed by atoms with Crippen LogP contribution in [-0.2, 0) is 9.59 Å². The molecule has 1 heterocycles. The quantitative estimate of drug-likeness (QED) is 0.725. The molecule has 1 saturated heterocycles. The molecule has 150 valence electrons. The minimum absolute atomic E-state index is 0.0396. The molecular formula is C21H20N2O5S. The maximum Gasteiger partial charge on any atom is 0.344 e. The molecule has 2 aromatic rings. The number of amidine groups is 1. The highest BCUT2D eigenvalue weighted by Gasteiger charge is 2.31. The van der Waals surface area contributed by atoms with Crippen LogP contribution in [0.1, 0.15) is 18.1 Å². The molecule has 0 aliphatic carbocycles. The smallest absolute Gasteiger partial charge is 0.344 e. The van der Waals surface area contributed by atoms with Crippen molar-refractivity contribution in [2.45, 2.75) is 20.0 Å². The van der Waals surface area contributed by atoms with E-state index in [0.29, 0.717) is 27.1 Å². The molecule has 1 fully saturated rings. The third-order valence-electron chi connectivity index (χ3n) is 4.21. The van der Waals surface area contributed by atoms with Crippen molar-refractivity contribution < 1.29 is 24.5 Å².